The molecular formula is C8H10BrN3O2. The molecule has 1 aromatic rings. The van der Waals surface area contributed by atoms with E-state index in [0.29, 0.717) is 18.1 Å². The number of aliphatic carboxylic acids is 1. The fourth-order valence-corrected chi connectivity index (χ4v) is 1.23. The first kappa shape index (κ1) is 10.8. The van der Waals surface area contributed by atoms with Crippen LogP contribution in [0.1, 0.15) is 6.42 Å². The van der Waals surface area contributed by atoms with Crippen molar-refractivity contribution in [3.8, 4) is 0 Å². The molecule has 0 radical (unpaired) electrons. The standard InChI is InChI=1S/C8H10BrN3O2/c9-5-3-6(8(10)12-4-5)11-2-1-7(13)14/h3-4,11H,1-2H2,(H2,10,12)(H,13,14). The minimum absolute atomic E-state index is 0.0476. The van der Waals surface area contributed by atoms with Crippen LogP contribution in [-0.2, 0) is 4.79 Å². The highest BCUT2D eigenvalue weighted by Crippen LogP contribution is 2.20. The minimum Gasteiger partial charge on any atom is -0.481 e. The van der Waals surface area contributed by atoms with Crippen LogP contribution >= 0.6 is 15.9 Å². The van der Waals surface area contributed by atoms with E-state index >= 15 is 0 Å². The van der Waals surface area contributed by atoms with Crippen molar-refractivity contribution in [1.29, 1.82) is 0 Å². The van der Waals surface area contributed by atoms with Crippen molar-refractivity contribution in [2.45, 2.75) is 6.42 Å². The molecule has 0 atom stereocenters. The molecule has 76 valence electrons. The molecule has 0 fully saturated rings. The van der Waals surface area contributed by atoms with Gasteiger partial charge in [0.05, 0.1) is 12.1 Å². The second kappa shape index (κ2) is 4.80. The van der Waals surface area contributed by atoms with E-state index in [4.69, 9.17) is 10.8 Å². The number of nitrogens with one attached hydrogen (secondary N) is 1. The van der Waals surface area contributed by atoms with E-state index in [1.165, 1.54) is 0 Å². The van der Waals surface area contributed by atoms with Gasteiger partial charge in [-0.2, -0.15) is 0 Å². The highest BCUT2D eigenvalue weighted by molar-refractivity contribution is 9.10. The molecule has 0 aliphatic carbocycles. The zero-order valence-corrected chi connectivity index (χ0v) is 8.91. The summed E-state index contributed by atoms with van der Waals surface area (Å²) in [7, 11) is 0. The van der Waals surface area contributed by atoms with Gasteiger partial charge in [-0.05, 0) is 22.0 Å². The number of halogens is 1. The molecule has 0 saturated heterocycles. The number of aromatic nitrogens is 1. The first-order valence-corrected chi connectivity index (χ1v) is 4.75. The van der Waals surface area contributed by atoms with E-state index in [9.17, 15) is 4.79 Å². The summed E-state index contributed by atoms with van der Waals surface area (Å²) in [5, 5.41) is 11.3. The molecule has 0 bridgehead atoms. The van der Waals surface area contributed by atoms with Gasteiger partial charge in [0.15, 0.2) is 0 Å². The lowest BCUT2D eigenvalue weighted by molar-refractivity contribution is -0.136. The van der Waals surface area contributed by atoms with Crippen LogP contribution in [0.25, 0.3) is 0 Å². The van der Waals surface area contributed by atoms with Crippen LogP contribution in [-0.4, -0.2) is 22.6 Å². The van der Waals surface area contributed by atoms with E-state index in [2.05, 4.69) is 26.2 Å². The summed E-state index contributed by atoms with van der Waals surface area (Å²) in [5.41, 5.74) is 6.20. The number of nitrogens with zero attached hydrogens (tertiary/aromatic N) is 1. The van der Waals surface area contributed by atoms with Gasteiger partial charge in [-0.15, -0.1) is 0 Å². The van der Waals surface area contributed by atoms with E-state index in [-0.39, 0.29) is 6.42 Å². The normalized spacial score (nSPS) is 9.79. The monoisotopic (exact) mass is 259 g/mol. The SMILES string of the molecule is Nc1ncc(Br)cc1NCCC(=O)O. The quantitative estimate of drug-likeness (QED) is 0.759. The lowest BCUT2D eigenvalue weighted by Crippen LogP contribution is -2.09. The van der Waals surface area contributed by atoms with Crippen LogP contribution in [0.5, 0.6) is 0 Å². The highest BCUT2D eigenvalue weighted by Gasteiger charge is 2.01. The maximum atomic E-state index is 10.2. The Morgan fingerprint density at radius 1 is 1.71 bits per heavy atom. The van der Waals surface area contributed by atoms with Gasteiger partial charge < -0.3 is 16.2 Å². The zero-order chi connectivity index (χ0) is 10.6. The Bertz CT molecular complexity index is 343. The summed E-state index contributed by atoms with van der Waals surface area (Å²) in [6.07, 6.45) is 1.63. The predicted octanol–water partition coefficient (Wildman–Crippen LogP) is 1.31. The number of nitrogen functional groups attached to an aromatic ring is 1. The Hall–Kier alpha value is -1.30. The fraction of sp³-hybridized carbons (Fsp3) is 0.250. The number of anilines is 2. The van der Waals surface area contributed by atoms with Crippen LogP contribution < -0.4 is 11.1 Å². The fourth-order valence-electron chi connectivity index (χ4n) is 0.896. The predicted molar refractivity (Wildman–Crippen MR) is 57.1 cm³/mol. The van der Waals surface area contributed by atoms with E-state index in [0.717, 1.165) is 4.47 Å². The van der Waals surface area contributed by atoms with Gasteiger partial charge in [0, 0.05) is 17.2 Å². The Morgan fingerprint density at radius 3 is 3.07 bits per heavy atom. The molecule has 14 heavy (non-hydrogen) atoms. The molecular weight excluding hydrogens is 250 g/mol. The number of rotatable bonds is 4. The molecule has 0 unspecified atom stereocenters. The summed E-state index contributed by atoms with van der Waals surface area (Å²) >= 11 is 3.24. The van der Waals surface area contributed by atoms with Gasteiger partial charge in [-0.3, -0.25) is 4.79 Å². The molecule has 1 rings (SSSR count). The molecule has 0 spiro atoms. The largest absolute Gasteiger partial charge is 0.481 e. The Labute approximate surface area is 89.5 Å². The average molecular weight is 260 g/mol. The first-order valence-electron chi connectivity index (χ1n) is 3.96. The van der Waals surface area contributed by atoms with Crippen LogP contribution in [0.3, 0.4) is 0 Å². The van der Waals surface area contributed by atoms with Crippen molar-refractivity contribution in [2.24, 2.45) is 0 Å². The number of hydrogen-bond donors (Lipinski definition) is 3. The third-order valence-electron chi connectivity index (χ3n) is 1.54. The van der Waals surface area contributed by atoms with Crippen molar-refractivity contribution in [3.05, 3.63) is 16.7 Å². The maximum Gasteiger partial charge on any atom is 0.305 e. The average Bonchev–Trinajstić information content (AvgIpc) is 2.10. The van der Waals surface area contributed by atoms with Crippen LogP contribution in [0.4, 0.5) is 11.5 Å². The zero-order valence-electron chi connectivity index (χ0n) is 7.33. The Kier molecular flexibility index (Phi) is 3.70. The van der Waals surface area contributed by atoms with E-state index in [1.807, 2.05) is 0 Å². The molecule has 0 aromatic carbocycles. The Morgan fingerprint density at radius 2 is 2.43 bits per heavy atom. The second-order valence-electron chi connectivity index (χ2n) is 2.66. The summed E-state index contributed by atoms with van der Waals surface area (Å²) in [6, 6.07) is 1.75. The molecule has 5 nitrogen and oxygen atoms in total. The first-order chi connectivity index (χ1) is 6.59. The number of carboxylic acid groups (broad SMARTS) is 1. The number of pyridine rings is 1. The van der Waals surface area contributed by atoms with Gasteiger partial charge in [0.25, 0.3) is 0 Å². The molecule has 0 aliphatic heterocycles. The number of carboxylic acids is 1. The van der Waals surface area contributed by atoms with Crippen molar-refractivity contribution in [2.75, 3.05) is 17.6 Å². The van der Waals surface area contributed by atoms with Gasteiger partial charge in [0.2, 0.25) is 0 Å². The Balaban J connectivity index is 2.57. The third kappa shape index (κ3) is 3.21. The lowest BCUT2D eigenvalue weighted by atomic mass is 10.3. The summed E-state index contributed by atoms with van der Waals surface area (Å²) in [5.74, 6) is -0.488. The second-order valence-corrected chi connectivity index (χ2v) is 3.57. The van der Waals surface area contributed by atoms with Crippen molar-refractivity contribution < 1.29 is 9.90 Å². The van der Waals surface area contributed by atoms with Gasteiger partial charge in [0.1, 0.15) is 5.82 Å². The van der Waals surface area contributed by atoms with E-state index < -0.39 is 5.97 Å². The third-order valence-corrected chi connectivity index (χ3v) is 1.97. The lowest BCUT2D eigenvalue weighted by Gasteiger charge is -2.07. The molecule has 0 aliphatic rings. The summed E-state index contributed by atoms with van der Waals surface area (Å²) in [6.45, 7) is 0.331. The molecule has 1 aromatic heterocycles. The van der Waals surface area contributed by atoms with Crippen LogP contribution in [0.15, 0.2) is 16.7 Å². The van der Waals surface area contributed by atoms with Gasteiger partial charge in [-0.25, -0.2) is 4.98 Å². The van der Waals surface area contributed by atoms with E-state index in [1.54, 1.807) is 12.3 Å². The summed E-state index contributed by atoms with van der Waals surface area (Å²) in [4.78, 5) is 14.1. The van der Waals surface area contributed by atoms with Crippen LogP contribution in [0.2, 0.25) is 0 Å². The highest BCUT2D eigenvalue weighted by atomic mass is 79.9. The summed E-state index contributed by atoms with van der Waals surface area (Å²) < 4.78 is 0.796. The molecule has 0 saturated carbocycles. The van der Waals surface area contributed by atoms with Crippen molar-refractivity contribution >= 4 is 33.4 Å². The smallest absolute Gasteiger partial charge is 0.305 e. The molecule has 6 heteroatoms. The van der Waals surface area contributed by atoms with Crippen molar-refractivity contribution in [3.63, 3.8) is 0 Å². The topological polar surface area (TPSA) is 88.2 Å². The molecule has 4 N–H and O–H groups in total. The van der Waals surface area contributed by atoms with Gasteiger partial charge >= 0.3 is 5.97 Å². The number of carbonyl (C=O) groups is 1. The molecule has 1 heterocycles. The number of nitrogens with two attached hydrogens (primary N) is 1. The van der Waals surface area contributed by atoms with Crippen LogP contribution in [0, 0.1) is 0 Å². The molecule has 0 amide bonds. The van der Waals surface area contributed by atoms with Gasteiger partial charge in [-0.1, -0.05) is 0 Å². The minimum atomic E-state index is -0.848. The maximum absolute atomic E-state index is 10.2. The number of hydrogen-bond acceptors (Lipinski definition) is 4. The van der Waals surface area contributed by atoms with Crippen molar-refractivity contribution in [1.82, 2.24) is 4.98 Å².